The maximum atomic E-state index is 13.8. The summed E-state index contributed by atoms with van der Waals surface area (Å²) in [6.07, 6.45) is 1.41. The van der Waals surface area contributed by atoms with Crippen molar-refractivity contribution < 1.29 is 19.1 Å². The van der Waals surface area contributed by atoms with E-state index in [4.69, 9.17) is 5.11 Å². The normalized spacial score (nSPS) is 10.7. The van der Waals surface area contributed by atoms with Crippen molar-refractivity contribution >= 4 is 17.7 Å². The van der Waals surface area contributed by atoms with Gasteiger partial charge in [-0.1, -0.05) is 18.2 Å². The average molecular weight is 357 g/mol. The second kappa shape index (κ2) is 7.18. The van der Waals surface area contributed by atoms with Crippen LogP contribution >= 0.6 is 0 Å². The number of amides is 1. The van der Waals surface area contributed by atoms with Crippen LogP contribution in [0.1, 0.15) is 21.7 Å². The van der Waals surface area contributed by atoms with Gasteiger partial charge in [-0.25, -0.2) is 9.18 Å². The Morgan fingerprint density at radius 3 is 2.69 bits per heavy atom. The van der Waals surface area contributed by atoms with Gasteiger partial charge in [0.15, 0.2) is 11.5 Å². The number of hydrogen-bond donors (Lipinski definition) is 2. The van der Waals surface area contributed by atoms with Crippen molar-refractivity contribution in [3.05, 3.63) is 65.4 Å². The molecule has 0 fully saturated rings. The predicted octanol–water partition coefficient (Wildman–Crippen LogP) is 1.91. The number of carboxylic acid groups (broad SMARTS) is 1. The first-order chi connectivity index (χ1) is 12.4. The highest BCUT2D eigenvalue weighted by Gasteiger charge is 2.12. The zero-order valence-corrected chi connectivity index (χ0v) is 13.9. The summed E-state index contributed by atoms with van der Waals surface area (Å²) in [6.45, 7) is 1.90. The molecule has 8 nitrogen and oxygen atoms in total. The Bertz CT molecular complexity index is 963. The molecule has 2 N–H and O–H groups in total. The van der Waals surface area contributed by atoms with Gasteiger partial charge >= 0.3 is 5.97 Å². The number of carbonyl (C=O) groups excluding carboxylic acids is 1. The van der Waals surface area contributed by atoms with E-state index in [-0.39, 0.29) is 24.6 Å². The van der Waals surface area contributed by atoms with E-state index in [2.05, 4.69) is 15.5 Å². The summed E-state index contributed by atoms with van der Waals surface area (Å²) in [7, 11) is 0. The Kier molecular flexibility index (Phi) is 4.78. The lowest BCUT2D eigenvalue weighted by Gasteiger charge is -2.05. The number of nitrogens with one attached hydrogen (secondary N) is 1. The van der Waals surface area contributed by atoms with E-state index in [0.29, 0.717) is 11.4 Å². The molecule has 0 radical (unpaired) electrons. The first-order valence-electron chi connectivity index (χ1n) is 7.77. The van der Waals surface area contributed by atoms with Gasteiger partial charge in [0.25, 0.3) is 0 Å². The van der Waals surface area contributed by atoms with E-state index in [9.17, 15) is 14.0 Å². The lowest BCUT2D eigenvalue weighted by Crippen LogP contribution is -2.20. The van der Waals surface area contributed by atoms with E-state index >= 15 is 0 Å². The summed E-state index contributed by atoms with van der Waals surface area (Å²) in [5.74, 6) is -1.55. The van der Waals surface area contributed by atoms with Gasteiger partial charge in [0.05, 0.1) is 6.54 Å². The molecule has 0 aliphatic rings. The van der Waals surface area contributed by atoms with Crippen molar-refractivity contribution in [2.45, 2.75) is 20.0 Å². The largest absolute Gasteiger partial charge is 0.476 e. The molecule has 0 atom stereocenters. The fourth-order valence-corrected chi connectivity index (χ4v) is 2.41. The van der Waals surface area contributed by atoms with Crippen LogP contribution < -0.4 is 5.32 Å². The molecule has 0 aliphatic carbocycles. The van der Waals surface area contributed by atoms with Gasteiger partial charge in [-0.2, -0.15) is 10.2 Å². The smallest absolute Gasteiger partial charge is 0.356 e. The summed E-state index contributed by atoms with van der Waals surface area (Å²) < 4.78 is 16.6. The van der Waals surface area contributed by atoms with Crippen molar-refractivity contribution in [3.63, 3.8) is 0 Å². The zero-order valence-electron chi connectivity index (χ0n) is 13.9. The second-order valence-corrected chi connectivity index (χ2v) is 5.67. The number of carbonyl (C=O) groups is 2. The third-order valence-electron chi connectivity index (χ3n) is 3.69. The molecule has 3 rings (SSSR count). The molecule has 0 unspecified atom stereocenters. The number of nitrogens with zero attached hydrogens (tertiary/aromatic N) is 4. The van der Waals surface area contributed by atoms with Gasteiger partial charge in [-0.15, -0.1) is 0 Å². The molecule has 26 heavy (non-hydrogen) atoms. The van der Waals surface area contributed by atoms with Crippen LogP contribution in [-0.2, 0) is 17.9 Å². The maximum Gasteiger partial charge on any atom is 0.356 e. The van der Waals surface area contributed by atoms with Gasteiger partial charge in [0.2, 0.25) is 5.91 Å². The van der Waals surface area contributed by atoms with Crippen molar-refractivity contribution in [1.29, 1.82) is 0 Å². The molecular weight excluding hydrogens is 341 g/mol. The first kappa shape index (κ1) is 17.3. The number of hydrogen-bond acceptors (Lipinski definition) is 4. The number of halogens is 1. The van der Waals surface area contributed by atoms with E-state index in [1.165, 1.54) is 23.0 Å². The maximum absolute atomic E-state index is 13.8. The number of anilines is 1. The minimum absolute atomic E-state index is 0.136. The number of aryl methyl sites for hydroxylation is 1. The van der Waals surface area contributed by atoms with Crippen LogP contribution in [0.25, 0.3) is 0 Å². The van der Waals surface area contributed by atoms with Crippen LogP contribution in [0.15, 0.2) is 42.6 Å². The van der Waals surface area contributed by atoms with Gasteiger partial charge in [-0.05, 0) is 19.1 Å². The van der Waals surface area contributed by atoms with Crippen molar-refractivity contribution in [2.24, 2.45) is 0 Å². The lowest BCUT2D eigenvalue weighted by molar-refractivity contribution is -0.116. The fraction of sp³-hybridized carbons (Fsp3) is 0.176. The van der Waals surface area contributed by atoms with Crippen molar-refractivity contribution in [3.8, 4) is 0 Å². The quantitative estimate of drug-likeness (QED) is 0.702. The van der Waals surface area contributed by atoms with Crippen LogP contribution in [0.2, 0.25) is 0 Å². The summed E-state index contributed by atoms with van der Waals surface area (Å²) in [5.41, 5.74) is 1.12. The lowest BCUT2D eigenvalue weighted by atomic mass is 10.2. The van der Waals surface area contributed by atoms with Gasteiger partial charge in [-0.3, -0.25) is 14.2 Å². The summed E-state index contributed by atoms with van der Waals surface area (Å²) in [4.78, 5) is 22.9. The average Bonchev–Trinajstić information content (AvgIpc) is 3.17. The Morgan fingerprint density at radius 2 is 2.00 bits per heavy atom. The SMILES string of the molecule is Cc1cc(NC(=O)Cn2ccc(C(=O)O)n2)nn1Cc1ccccc1F. The predicted molar refractivity (Wildman–Crippen MR) is 90.3 cm³/mol. The molecule has 0 spiro atoms. The molecule has 1 aromatic carbocycles. The highest BCUT2D eigenvalue weighted by Crippen LogP contribution is 2.13. The van der Waals surface area contributed by atoms with Gasteiger partial charge in [0, 0.05) is 23.5 Å². The minimum atomic E-state index is -1.16. The highest BCUT2D eigenvalue weighted by molar-refractivity contribution is 5.89. The van der Waals surface area contributed by atoms with Gasteiger partial charge < -0.3 is 10.4 Å². The Labute approximate surface area is 147 Å². The van der Waals surface area contributed by atoms with E-state index < -0.39 is 11.9 Å². The van der Waals surface area contributed by atoms with Gasteiger partial charge in [0.1, 0.15) is 12.4 Å². The molecule has 0 saturated carbocycles. The fourth-order valence-electron chi connectivity index (χ4n) is 2.41. The Hall–Kier alpha value is -3.49. The molecule has 134 valence electrons. The highest BCUT2D eigenvalue weighted by atomic mass is 19.1. The number of aromatic carboxylic acids is 1. The molecule has 2 heterocycles. The topological polar surface area (TPSA) is 102 Å². The third-order valence-corrected chi connectivity index (χ3v) is 3.69. The molecule has 9 heteroatoms. The number of benzene rings is 1. The number of aromatic nitrogens is 4. The molecular formula is C17H16FN5O3. The van der Waals surface area contributed by atoms with E-state index in [1.807, 2.05) is 0 Å². The molecule has 0 bridgehead atoms. The third kappa shape index (κ3) is 3.94. The molecule has 0 saturated heterocycles. The molecule has 0 aliphatic heterocycles. The molecule has 3 aromatic rings. The van der Waals surface area contributed by atoms with Crippen LogP contribution in [0, 0.1) is 12.7 Å². The Balaban J connectivity index is 1.65. The summed E-state index contributed by atoms with van der Waals surface area (Å²) in [6, 6.07) is 9.40. The van der Waals surface area contributed by atoms with Crippen molar-refractivity contribution in [1.82, 2.24) is 19.6 Å². The number of rotatable bonds is 6. The standard InChI is InChI=1S/C17H16FN5O3/c1-11-8-15(21-23(11)9-12-4-2-3-5-13(12)18)19-16(24)10-22-7-6-14(20-22)17(25)26/h2-8H,9-10H2,1H3,(H,25,26)(H,19,21,24). The molecule has 1 amide bonds. The summed E-state index contributed by atoms with van der Waals surface area (Å²) in [5, 5.41) is 19.5. The van der Waals surface area contributed by atoms with E-state index in [1.54, 1.807) is 35.9 Å². The van der Waals surface area contributed by atoms with Crippen LogP contribution in [0.3, 0.4) is 0 Å². The minimum Gasteiger partial charge on any atom is -0.476 e. The van der Waals surface area contributed by atoms with Crippen LogP contribution in [-0.4, -0.2) is 36.5 Å². The monoisotopic (exact) mass is 357 g/mol. The van der Waals surface area contributed by atoms with Crippen LogP contribution in [0.5, 0.6) is 0 Å². The second-order valence-electron chi connectivity index (χ2n) is 5.67. The number of carboxylic acids is 1. The van der Waals surface area contributed by atoms with Crippen molar-refractivity contribution in [2.75, 3.05) is 5.32 Å². The molecule has 2 aromatic heterocycles. The van der Waals surface area contributed by atoms with E-state index in [0.717, 1.165) is 5.69 Å². The first-order valence-corrected chi connectivity index (χ1v) is 7.77. The van der Waals surface area contributed by atoms with Crippen LogP contribution in [0.4, 0.5) is 10.2 Å². The summed E-state index contributed by atoms with van der Waals surface area (Å²) >= 11 is 0. The zero-order chi connectivity index (χ0) is 18.7. The Morgan fingerprint density at radius 1 is 1.23 bits per heavy atom.